The van der Waals surface area contributed by atoms with Gasteiger partial charge in [0.05, 0.1) is 0 Å². The van der Waals surface area contributed by atoms with Crippen molar-refractivity contribution in [2.45, 2.75) is 19.6 Å². The van der Waals surface area contributed by atoms with Crippen molar-refractivity contribution in [1.82, 2.24) is 0 Å². The van der Waals surface area contributed by atoms with Crippen LogP contribution in [-0.2, 0) is 0 Å². The van der Waals surface area contributed by atoms with E-state index in [1.54, 1.807) is 23.5 Å². The van der Waals surface area contributed by atoms with Gasteiger partial charge in [-0.2, -0.15) is 0 Å². The number of para-hydroxylation sites is 1. The lowest BCUT2D eigenvalue weighted by molar-refractivity contribution is 1.31. The van der Waals surface area contributed by atoms with Crippen LogP contribution in [0.3, 0.4) is 0 Å². The number of hydrogen-bond donors (Lipinski definition) is 1. The van der Waals surface area contributed by atoms with Gasteiger partial charge in [0, 0.05) is 25.3 Å². The maximum atomic E-state index is 6.00. The Balaban J connectivity index is 1.79. The molecule has 0 radical (unpaired) electrons. The second kappa shape index (κ2) is 6.74. The van der Waals surface area contributed by atoms with Gasteiger partial charge in [-0.15, -0.1) is 0 Å². The molecule has 0 atom stereocenters. The van der Waals surface area contributed by atoms with Crippen molar-refractivity contribution in [3.63, 3.8) is 0 Å². The first-order valence-corrected chi connectivity index (χ1v) is 8.30. The Labute approximate surface area is 133 Å². The summed E-state index contributed by atoms with van der Waals surface area (Å²) in [5, 5.41) is 0. The fourth-order valence-corrected chi connectivity index (χ4v) is 3.82. The van der Waals surface area contributed by atoms with Gasteiger partial charge in [-0.1, -0.05) is 59.9 Å². The highest BCUT2D eigenvalue weighted by molar-refractivity contribution is 8.00. The lowest BCUT2D eigenvalue weighted by Gasteiger charge is -2.07. The van der Waals surface area contributed by atoms with Crippen molar-refractivity contribution < 1.29 is 0 Å². The molecule has 3 rings (SSSR count). The highest BCUT2D eigenvalue weighted by Crippen LogP contribution is 2.35. The summed E-state index contributed by atoms with van der Waals surface area (Å²) in [5.41, 5.74) is 6.83. The smallest absolute Gasteiger partial charge is 0.0455 e. The largest absolute Gasteiger partial charge is 0.398 e. The van der Waals surface area contributed by atoms with E-state index in [1.165, 1.54) is 14.7 Å². The van der Waals surface area contributed by atoms with Crippen molar-refractivity contribution in [3.05, 3.63) is 78.9 Å². The lowest BCUT2D eigenvalue weighted by atomic mass is 10.3. The lowest BCUT2D eigenvalue weighted by Crippen LogP contribution is -1.86. The topological polar surface area (TPSA) is 26.0 Å². The predicted molar refractivity (Wildman–Crippen MR) is 92.0 cm³/mol. The fraction of sp³-hybridized carbons (Fsp3) is 0. The molecule has 0 aromatic heterocycles. The first-order valence-electron chi connectivity index (χ1n) is 6.66. The minimum absolute atomic E-state index is 0.823. The summed E-state index contributed by atoms with van der Waals surface area (Å²) in [6.07, 6.45) is 0. The number of benzene rings is 3. The summed E-state index contributed by atoms with van der Waals surface area (Å²) in [6.45, 7) is 0. The van der Waals surface area contributed by atoms with Crippen LogP contribution in [0.5, 0.6) is 0 Å². The van der Waals surface area contributed by atoms with Gasteiger partial charge in [0.1, 0.15) is 0 Å². The summed E-state index contributed by atoms with van der Waals surface area (Å²) < 4.78 is 0. The average Bonchev–Trinajstić information content (AvgIpc) is 2.51. The molecular formula is C18H15NS2. The molecule has 3 aromatic rings. The Morgan fingerprint density at radius 3 is 1.95 bits per heavy atom. The van der Waals surface area contributed by atoms with Crippen LogP contribution in [0.2, 0.25) is 0 Å². The first kappa shape index (κ1) is 14.1. The number of rotatable bonds is 4. The maximum Gasteiger partial charge on any atom is 0.0455 e. The molecule has 0 heterocycles. The van der Waals surface area contributed by atoms with Crippen molar-refractivity contribution >= 4 is 29.2 Å². The van der Waals surface area contributed by atoms with Gasteiger partial charge >= 0.3 is 0 Å². The third-order valence-electron chi connectivity index (χ3n) is 2.93. The third kappa shape index (κ3) is 3.84. The van der Waals surface area contributed by atoms with Crippen LogP contribution in [0.15, 0.2) is 98.4 Å². The molecule has 21 heavy (non-hydrogen) atoms. The first-order chi connectivity index (χ1) is 10.3. The molecule has 104 valence electrons. The summed E-state index contributed by atoms with van der Waals surface area (Å²) in [7, 11) is 0. The Bertz CT molecular complexity index is 726. The molecule has 0 aliphatic heterocycles. The number of nitrogens with two attached hydrogens (primary N) is 1. The zero-order valence-corrected chi connectivity index (χ0v) is 13.0. The molecule has 0 saturated carbocycles. The Morgan fingerprint density at radius 1 is 0.571 bits per heavy atom. The van der Waals surface area contributed by atoms with E-state index in [-0.39, 0.29) is 0 Å². The Morgan fingerprint density at radius 2 is 1.19 bits per heavy atom. The third-order valence-corrected chi connectivity index (χ3v) is 5.01. The molecule has 3 aromatic carbocycles. The SMILES string of the molecule is Nc1ccccc1Sc1cccc(Sc2ccccc2)c1. The van der Waals surface area contributed by atoms with E-state index in [1.807, 2.05) is 24.3 Å². The van der Waals surface area contributed by atoms with Gasteiger partial charge in [-0.3, -0.25) is 0 Å². The highest BCUT2D eigenvalue weighted by atomic mass is 32.2. The molecule has 3 heteroatoms. The molecule has 0 unspecified atom stereocenters. The maximum absolute atomic E-state index is 6.00. The summed E-state index contributed by atoms with van der Waals surface area (Å²) in [6, 6.07) is 26.9. The van der Waals surface area contributed by atoms with Gasteiger partial charge in [0.15, 0.2) is 0 Å². The van der Waals surface area contributed by atoms with Gasteiger partial charge in [-0.25, -0.2) is 0 Å². The second-order valence-electron chi connectivity index (χ2n) is 4.53. The van der Waals surface area contributed by atoms with Gasteiger partial charge in [-0.05, 0) is 42.5 Å². The van der Waals surface area contributed by atoms with Gasteiger partial charge in [0.2, 0.25) is 0 Å². The van der Waals surface area contributed by atoms with E-state index in [4.69, 9.17) is 5.73 Å². The molecule has 0 bridgehead atoms. The van der Waals surface area contributed by atoms with E-state index in [0.717, 1.165) is 10.6 Å². The molecule has 1 nitrogen and oxygen atoms in total. The van der Waals surface area contributed by atoms with Crippen molar-refractivity contribution in [2.75, 3.05) is 5.73 Å². The predicted octanol–water partition coefficient (Wildman–Crippen LogP) is 5.57. The minimum atomic E-state index is 0.823. The standard InChI is InChI=1S/C18H15NS2/c19-17-11-4-5-12-18(17)21-16-10-6-9-15(13-16)20-14-7-2-1-3-8-14/h1-13H,19H2. The Hall–Kier alpha value is -1.84. The van der Waals surface area contributed by atoms with Crippen LogP contribution in [0.4, 0.5) is 5.69 Å². The molecule has 0 aliphatic carbocycles. The van der Waals surface area contributed by atoms with Crippen LogP contribution in [0, 0.1) is 0 Å². The highest BCUT2D eigenvalue weighted by Gasteiger charge is 2.03. The van der Waals surface area contributed by atoms with E-state index in [0.29, 0.717) is 0 Å². The molecule has 2 N–H and O–H groups in total. The summed E-state index contributed by atoms with van der Waals surface area (Å²) in [4.78, 5) is 4.78. The van der Waals surface area contributed by atoms with E-state index >= 15 is 0 Å². The number of anilines is 1. The van der Waals surface area contributed by atoms with Gasteiger partial charge < -0.3 is 5.73 Å². The van der Waals surface area contributed by atoms with Crippen LogP contribution >= 0.6 is 23.5 Å². The van der Waals surface area contributed by atoms with Gasteiger partial charge in [0.25, 0.3) is 0 Å². The van der Waals surface area contributed by atoms with Crippen LogP contribution < -0.4 is 5.73 Å². The molecule has 0 aliphatic rings. The number of nitrogen functional groups attached to an aromatic ring is 1. The molecule has 0 spiro atoms. The quantitative estimate of drug-likeness (QED) is 0.638. The average molecular weight is 309 g/mol. The summed E-state index contributed by atoms with van der Waals surface area (Å²) >= 11 is 3.47. The zero-order valence-electron chi connectivity index (χ0n) is 11.4. The second-order valence-corrected chi connectivity index (χ2v) is 6.79. The molecule has 0 saturated heterocycles. The van der Waals surface area contributed by atoms with Crippen LogP contribution in [0.25, 0.3) is 0 Å². The summed E-state index contributed by atoms with van der Waals surface area (Å²) in [5.74, 6) is 0. The van der Waals surface area contributed by atoms with E-state index in [9.17, 15) is 0 Å². The van der Waals surface area contributed by atoms with Crippen molar-refractivity contribution in [2.24, 2.45) is 0 Å². The molecular weight excluding hydrogens is 294 g/mol. The Kier molecular flexibility index (Phi) is 4.53. The normalized spacial score (nSPS) is 10.5. The minimum Gasteiger partial charge on any atom is -0.398 e. The van der Waals surface area contributed by atoms with Crippen molar-refractivity contribution in [1.29, 1.82) is 0 Å². The monoisotopic (exact) mass is 309 g/mol. The van der Waals surface area contributed by atoms with Crippen LogP contribution in [-0.4, -0.2) is 0 Å². The fourth-order valence-electron chi connectivity index (χ4n) is 1.93. The molecule has 0 amide bonds. The van der Waals surface area contributed by atoms with Crippen LogP contribution in [0.1, 0.15) is 0 Å². The molecule has 0 fully saturated rings. The van der Waals surface area contributed by atoms with E-state index in [2.05, 4.69) is 54.6 Å². The number of hydrogen-bond acceptors (Lipinski definition) is 3. The zero-order chi connectivity index (χ0) is 14.5. The van der Waals surface area contributed by atoms with E-state index < -0.39 is 0 Å². The van der Waals surface area contributed by atoms with Crippen molar-refractivity contribution in [3.8, 4) is 0 Å².